The van der Waals surface area contributed by atoms with Crippen LogP contribution in [0.2, 0.25) is 0 Å². The zero-order chi connectivity index (χ0) is 16.2. The molecule has 3 N–H and O–H groups in total. The van der Waals surface area contributed by atoms with E-state index in [0.29, 0.717) is 4.48 Å². The third-order valence-electron chi connectivity index (χ3n) is 3.23. The van der Waals surface area contributed by atoms with E-state index in [0.717, 1.165) is 23.5 Å². The van der Waals surface area contributed by atoms with E-state index in [1.165, 1.54) is 0 Å². The van der Waals surface area contributed by atoms with E-state index in [9.17, 15) is 4.79 Å². The van der Waals surface area contributed by atoms with Crippen LogP contribution in [0.1, 0.15) is 6.42 Å². The highest BCUT2D eigenvalue weighted by Crippen LogP contribution is 2.21. The molecule has 2 aromatic rings. The number of anilines is 1. The van der Waals surface area contributed by atoms with Gasteiger partial charge in [-0.3, -0.25) is 9.89 Å². The van der Waals surface area contributed by atoms with E-state index >= 15 is 0 Å². The molecule has 0 saturated heterocycles. The summed E-state index contributed by atoms with van der Waals surface area (Å²) in [5.74, 6) is -0.796. The third-order valence-corrected chi connectivity index (χ3v) is 3.23. The first-order valence-electron chi connectivity index (χ1n) is 7.22. The van der Waals surface area contributed by atoms with Crippen molar-refractivity contribution < 1.29 is 14.4 Å². The fourth-order valence-electron chi connectivity index (χ4n) is 2.46. The first kappa shape index (κ1) is 16.0. The molecule has 0 aliphatic carbocycles. The summed E-state index contributed by atoms with van der Waals surface area (Å²) in [5, 5.41) is 19.3. The molecule has 6 heteroatoms. The van der Waals surface area contributed by atoms with Crippen LogP contribution in [0.5, 0.6) is 0 Å². The second-order valence-corrected chi connectivity index (χ2v) is 6.46. The van der Waals surface area contributed by atoms with Gasteiger partial charge in [0.1, 0.15) is 0 Å². The number of aromatic amines is 1. The minimum absolute atomic E-state index is 0.0871. The molecule has 0 aliphatic rings. The molecule has 0 spiro atoms. The predicted octanol–water partition coefficient (Wildman–Crippen LogP) is 2.04. The number of H-pyrrole nitrogens is 1. The summed E-state index contributed by atoms with van der Waals surface area (Å²) in [7, 11) is 6.16. The molecule has 0 bridgehead atoms. The monoisotopic (exact) mass is 303 g/mol. The highest BCUT2D eigenvalue weighted by Gasteiger charge is 2.21. The van der Waals surface area contributed by atoms with Crippen LogP contribution in [-0.2, 0) is 4.79 Å². The van der Waals surface area contributed by atoms with E-state index < -0.39 is 5.97 Å². The molecular formula is C16H23N4O2+. The third kappa shape index (κ3) is 4.89. The van der Waals surface area contributed by atoms with Gasteiger partial charge in [-0.05, 0) is 18.2 Å². The first-order chi connectivity index (χ1) is 10.3. The number of rotatable bonds is 7. The maximum Gasteiger partial charge on any atom is 0.305 e. The van der Waals surface area contributed by atoms with Crippen LogP contribution < -0.4 is 5.32 Å². The van der Waals surface area contributed by atoms with Gasteiger partial charge in [-0.15, -0.1) is 0 Å². The van der Waals surface area contributed by atoms with E-state index in [4.69, 9.17) is 5.11 Å². The summed E-state index contributed by atoms with van der Waals surface area (Å²) in [6.07, 6.45) is 1.80. The second-order valence-electron chi connectivity index (χ2n) is 6.46. The van der Waals surface area contributed by atoms with Crippen molar-refractivity contribution in [2.45, 2.75) is 12.5 Å². The van der Waals surface area contributed by atoms with Crippen LogP contribution >= 0.6 is 0 Å². The molecule has 1 aromatic heterocycles. The molecule has 22 heavy (non-hydrogen) atoms. The Kier molecular flexibility index (Phi) is 4.82. The van der Waals surface area contributed by atoms with Gasteiger partial charge in [0, 0.05) is 17.4 Å². The number of likely N-dealkylation sites (N-methyl/N-ethyl adjacent to an activating group) is 1. The number of hydrogen-bond donors (Lipinski definition) is 3. The number of carbonyl (C=O) groups is 1. The Hall–Kier alpha value is -2.34. The molecule has 0 radical (unpaired) electrons. The average Bonchev–Trinajstić information content (AvgIpc) is 2.89. The van der Waals surface area contributed by atoms with Crippen molar-refractivity contribution in [3.63, 3.8) is 0 Å². The molecule has 0 amide bonds. The molecule has 0 unspecified atom stereocenters. The van der Waals surface area contributed by atoms with Crippen molar-refractivity contribution in [3.05, 3.63) is 36.5 Å². The van der Waals surface area contributed by atoms with Gasteiger partial charge in [0.15, 0.2) is 0 Å². The lowest BCUT2D eigenvalue weighted by Gasteiger charge is -2.29. The maximum atomic E-state index is 11.1. The highest BCUT2D eigenvalue weighted by molar-refractivity contribution is 5.69. The number of hydrogen-bond acceptors (Lipinski definition) is 3. The number of nitrogens with one attached hydrogen (secondary N) is 2. The van der Waals surface area contributed by atoms with Crippen LogP contribution in [0.4, 0.5) is 5.69 Å². The Morgan fingerprint density at radius 3 is 2.73 bits per heavy atom. The van der Waals surface area contributed by atoms with E-state index in [-0.39, 0.29) is 12.5 Å². The minimum Gasteiger partial charge on any atom is -0.481 e. The molecule has 1 atom stereocenters. The largest absolute Gasteiger partial charge is 0.481 e. The molecule has 0 saturated carbocycles. The molecule has 0 fully saturated rings. The lowest BCUT2D eigenvalue weighted by molar-refractivity contribution is -0.870. The van der Waals surface area contributed by atoms with Gasteiger partial charge < -0.3 is 14.9 Å². The van der Waals surface area contributed by atoms with E-state index in [2.05, 4.69) is 36.7 Å². The Bertz CT molecular complexity index is 617. The summed E-state index contributed by atoms with van der Waals surface area (Å²) in [6.45, 7) is 0.723. The average molecular weight is 303 g/mol. The Morgan fingerprint density at radius 2 is 2.14 bits per heavy atom. The Balaban J connectivity index is 2.15. The van der Waals surface area contributed by atoms with Crippen molar-refractivity contribution in [1.82, 2.24) is 10.2 Å². The van der Waals surface area contributed by atoms with Gasteiger partial charge in [-0.25, -0.2) is 0 Å². The van der Waals surface area contributed by atoms with Crippen LogP contribution in [-0.4, -0.2) is 59.5 Å². The SMILES string of the molecule is C[N+](C)(C)C[C@@H](CC(=O)O)Nc1cccc(-c2ccn[nH]2)c1. The smallest absolute Gasteiger partial charge is 0.305 e. The number of aliphatic carboxylic acids is 1. The number of quaternary nitrogens is 1. The van der Waals surface area contributed by atoms with Gasteiger partial charge >= 0.3 is 5.97 Å². The summed E-state index contributed by atoms with van der Waals surface area (Å²) in [4.78, 5) is 11.1. The topological polar surface area (TPSA) is 78.0 Å². The van der Waals surface area contributed by atoms with Gasteiger partial charge in [-0.2, -0.15) is 5.10 Å². The summed E-state index contributed by atoms with van der Waals surface area (Å²) in [6, 6.07) is 9.66. The van der Waals surface area contributed by atoms with Gasteiger partial charge in [0.25, 0.3) is 0 Å². The number of carboxylic acids is 1. The van der Waals surface area contributed by atoms with Crippen molar-refractivity contribution in [1.29, 1.82) is 0 Å². The minimum atomic E-state index is -0.796. The normalized spacial score (nSPS) is 12.9. The first-order valence-corrected chi connectivity index (χ1v) is 7.22. The molecule has 0 aliphatic heterocycles. The second kappa shape index (κ2) is 6.62. The van der Waals surface area contributed by atoms with Crippen LogP contribution in [0.3, 0.4) is 0 Å². The zero-order valence-electron chi connectivity index (χ0n) is 13.2. The van der Waals surface area contributed by atoms with E-state index in [1.807, 2.05) is 30.3 Å². The molecular weight excluding hydrogens is 280 g/mol. The van der Waals surface area contributed by atoms with Crippen LogP contribution in [0.15, 0.2) is 36.5 Å². The Labute approximate surface area is 130 Å². The fraction of sp³-hybridized carbons (Fsp3) is 0.375. The fourth-order valence-corrected chi connectivity index (χ4v) is 2.46. The summed E-state index contributed by atoms with van der Waals surface area (Å²) in [5.41, 5.74) is 2.86. The summed E-state index contributed by atoms with van der Waals surface area (Å²) >= 11 is 0. The molecule has 6 nitrogen and oxygen atoms in total. The number of carboxylic acid groups (broad SMARTS) is 1. The standard InChI is InChI=1S/C16H22N4O2/c1-20(2,3)11-14(10-16(21)22)18-13-6-4-5-12(9-13)15-7-8-17-19-15/h4-9,14,18H,10-11H2,1-3H3,(H-,17,19,21,22)/p+1/t14-/m1/s1. The quantitative estimate of drug-likeness (QED) is 0.684. The lowest BCUT2D eigenvalue weighted by Crippen LogP contribution is -2.45. The molecule has 1 heterocycles. The molecule has 1 aromatic carbocycles. The van der Waals surface area contributed by atoms with Crippen LogP contribution in [0, 0.1) is 0 Å². The predicted molar refractivity (Wildman–Crippen MR) is 86.6 cm³/mol. The van der Waals surface area contributed by atoms with Crippen LogP contribution in [0.25, 0.3) is 11.3 Å². The Morgan fingerprint density at radius 1 is 1.36 bits per heavy atom. The van der Waals surface area contributed by atoms with Gasteiger partial charge in [0.05, 0.1) is 45.8 Å². The van der Waals surface area contributed by atoms with Gasteiger partial charge in [0.2, 0.25) is 0 Å². The number of aromatic nitrogens is 2. The number of nitrogens with zero attached hydrogens (tertiary/aromatic N) is 2. The maximum absolute atomic E-state index is 11.1. The van der Waals surface area contributed by atoms with Crippen molar-refractivity contribution in [2.75, 3.05) is 33.0 Å². The van der Waals surface area contributed by atoms with Crippen molar-refractivity contribution in [2.24, 2.45) is 0 Å². The zero-order valence-corrected chi connectivity index (χ0v) is 13.2. The van der Waals surface area contributed by atoms with Gasteiger partial charge in [-0.1, -0.05) is 12.1 Å². The van der Waals surface area contributed by atoms with Crippen molar-refractivity contribution in [3.8, 4) is 11.3 Å². The van der Waals surface area contributed by atoms with Crippen molar-refractivity contribution >= 4 is 11.7 Å². The highest BCUT2D eigenvalue weighted by atomic mass is 16.4. The molecule has 2 rings (SSSR count). The number of benzene rings is 1. The van der Waals surface area contributed by atoms with E-state index in [1.54, 1.807) is 6.20 Å². The molecule has 118 valence electrons. The lowest BCUT2D eigenvalue weighted by atomic mass is 10.1. The summed E-state index contributed by atoms with van der Waals surface area (Å²) < 4.78 is 0.700.